The van der Waals surface area contributed by atoms with Crippen LogP contribution in [0.4, 0.5) is 0 Å². The normalized spacial score (nSPS) is 19.9. The first-order valence-corrected chi connectivity index (χ1v) is 8.05. The fraction of sp³-hybridized carbons (Fsp3) is 0.250. The molecule has 4 rings (SSSR count). The van der Waals surface area contributed by atoms with Gasteiger partial charge in [0.1, 0.15) is 0 Å². The molecule has 1 aliphatic rings. The van der Waals surface area contributed by atoms with Crippen LogP contribution in [0, 0.1) is 11.8 Å². The number of hydrogen-bond acceptors (Lipinski definition) is 3. The van der Waals surface area contributed by atoms with Gasteiger partial charge in [0.25, 0.3) is 0 Å². The lowest BCUT2D eigenvalue weighted by Gasteiger charge is -2.11. The Morgan fingerprint density at radius 1 is 1.00 bits per heavy atom. The van der Waals surface area contributed by atoms with Crippen molar-refractivity contribution >= 4 is 27.5 Å². The van der Waals surface area contributed by atoms with E-state index in [-0.39, 0.29) is 5.97 Å². The molecule has 0 spiro atoms. The van der Waals surface area contributed by atoms with Crippen molar-refractivity contribution in [2.75, 3.05) is 13.2 Å². The first-order chi connectivity index (χ1) is 11.3. The van der Waals surface area contributed by atoms with E-state index in [0.29, 0.717) is 30.6 Å². The molecule has 1 fully saturated rings. The quantitative estimate of drug-likeness (QED) is 0.590. The molecule has 3 aromatic rings. The highest BCUT2D eigenvalue weighted by Gasteiger charge is 2.36. The molecule has 1 saturated carbocycles. The first kappa shape index (κ1) is 14.2. The summed E-state index contributed by atoms with van der Waals surface area (Å²) in [6, 6.07) is 18.0. The minimum atomic E-state index is -0.235. The fourth-order valence-electron chi connectivity index (χ4n) is 3.29. The zero-order valence-electron chi connectivity index (χ0n) is 12.9. The van der Waals surface area contributed by atoms with Gasteiger partial charge in [-0.3, -0.25) is 0 Å². The van der Waals surface area contributed by atoms with Crippen LogP contribution in [-0.4, -0.2) is 19.1 Å². The average molecular weight is 305 g/mol. The van der Waals surface area contributed by atoms with Crippen molar-refractivity contribution in [3.63, 3.8) is 0 Å². The molecule has 3 aromatic carbocycles. The largest absolute Gasteiger partial charge is 0.462 e. The molecule has 2 atom stereocenters. The van der Waals surface area contributed by atoms with Crippen molar-refractivity contribution in [3.05, 3.63) is 60.2 Å². The SMILES string of the molecule is NC[C@H]1C[C@@H]1COC(=O)c1c2ccccc2cc2ccccc12. The second-order valence-corrected chi connectivity index (χ2v) is 6.28. The van der Waals surface area contributed by atoms with E-state index < -0.39 is 0 Å². The Kier molecular flexibility index (Phi) is 3.50. The van der Waals surface area contributed by atoms with Crippen molar-refractivity contribution in [3.8, 4) is 0 Å². The van der Waals surface area contributed by atoms with E-state index in [0.717, 1.165) is 28.0 Å². The molecule has 0 heterocycles. The van der Waals surface area contributed by atoms with Crippen molar-refractivity contribution in [1.29, 1.82) is 0 Å². The Balaban J connectivity index is 1.75. The van der Waals surface area contributed by atoms with Crippen LogP contribution >= 0.6 is 0 Å². The van der Waals surface area contributed by atoms with Gasteiger partial charge in [-0.25, -0.2) is 4.79 Å². The van der Waals surface area contributed by atoms with E-state index in [1.165, 1.54) is 0 Å². The van der Waals surface area contributed by atoms with E-state index in [1.807, 2.05) is 48.5 Å². The molecular formula is C20H19NO2. The predicted molar refractivity (Wildman–Crippen MR) is 92.4 cm³/mol. The molecular weight excluding hydrogens is 286 g/mol. The first-order valence-electron chi connectivity index (χ1n) is 8.05. The lowest BCUT2D eigenvalue weighted by Crippen LogP contribution is -2.11. The van der Waals surface area contributed by atoms with Gasteiger partial charge in [-0.2, -0.15) is 0 Å². The highest BCUT2D eigenvalue weighted by molar-refractivity contribution is 6.16. The van der Waals surface area contributed by atoms with Crippen LogP contribution < -0.4 is 5.73 Å². The molecule has 0 saturated heterocycles. The third-order valence-corrected chi connectivity index (χ3v) is 4.78. The van der Waals surface area contributed by atoms with Crippen LogP contribution in [-0.2, 0) is 4.74 Å². The molecule has 2 N–H and O–H groups in total. The summed E-state index contributed by atoms with van der Waals surface area (Å²) in [6.45, 7) is 1.15. The van der Waals surface area contributed by atoms with Gasteiger partial charge < -0.3 is 10.5 Å². The Morgan fingerprint density at radius 3 is 2.17 bits per heavy atom. The number of nitrogens with two attached hydrogens (primary N) is 1. The van der Waals surface area contributed by atoms with Crippen LogP contribution in [0.3, 0.4) is 0 Å². The predicted octanol–water partition coefficient (Wildman–Crippen LogP) is 3.74. The number of esters is 1. The second kappa shape index (κ2) is 5.67. The second-order valence-electron chi connectivity index (χ2n) is 6.28. The highest BCUT2D eigenvalue weighted by atomic mass is 16.5. The van der Waals surface area contributed by atoms with E-state index in [4.69, 9.17) is 10.5 Å². The van der Waals surface area contributed by atoms with E-state index >= 15 is 0 Å². The Hall–Kier alpha value is -2.39. The van der Waals surface area contributed by atoms with Crippen LogP contribution in [0.5, 0.6) is 0 Å². The summed E-state index contributed by atoms with van der Waals surface area (Å²) in [5.41, 5.74) is 6.32. The van der Waals surface area contributed by atoms with Gasteiger partial charge in [0.05, 0.1) is 12.2 Å². The van der Waals surface area contributed by atoms with Gasteiger partial charge in [-0.15, -0.1) is 0 Å². The molecule has 3 nitrogen and oxygen atoms in total. The van der Waals surface area contributed by atoms with Gasteiger partial charge in [-0.05, 0) is 52.4 Å². The number of fused-ring (bicyclic) bond motifs is 2. The summed E-state index contributed by atoms with van der Waals surface area (Å²) in [4.78, 5) is 12.7. The Labute approximate surface area is 135 Å². The molecule has 116 valence electrons. The minimum Gasteiger partial charge on any atom is -0.462 e. The summed E-state index contributed by atoms with van der Waals surface area (Å²) >= 11 is 0. The van der Waals surface area contributed by atoms with Crippen LogP contribution in [0.1, 0.15) is 16.8 Å². The van der Waals surface area contributed by atoms with Crippen LogP contribution in [0.2, 0.25) is 0 Å². The van der Waals surface area contributed by atoms with Crippen LogP contribution in [0.15, 0.2) is 54.6 Å². The van der Waals surface area contributed by atoms with Gasteiger partial charge >= 0.3 is 5.97 Å². The Morgan fingerprint density at radius 2 is 1.61 bits per heavy atom. The third-order valence-electron chi connectivity index (χ3n) is 4.78. The molecule has 0 bridgehead atoms. The molecule has 1 aliphatic carbocycles. The maximum absolute atomic E-state index is 12.7. The number of rotatable bonds is 4. The standard InChI is InChI=1S/C20H19NO2/c21-11-15-10-16(15)12-23-20(22)19-17-7-3-1-5-13(17)9-14-6-2-4-8-18(14)19/h1-9,15-16H,10-12,21H2/t15-,16-/m1/s1. The van der Waals surface area contributed by atoms with E-state index in [1.54, 1.807) is 0 Å². The molecule has 0 radical (unpaired) electrons. The lowest BCUT2D eigenvalue weighted by atomic mass is 9.97. The van der Waals surface area contributed by atoms with Crippen molar-refractivity contribution in [2.24, 2.45) is 17.6 Å². The molecule has 23 heavy (non-hydrogen) atoms. The molecule has 0 aromatic heterocycles. The molecule has 3 heteroatoms. The maximum atomic E-state index is 12.7. The Bertz CT molecular complexity index is 833. The third kappa shape index (κ3) is 2.57. The number of carbonyl (C=O) groups excluding carboxylic acids is 1. The van der Waals surface area contributed by atoms with Crippen molar-refractivity contribution in [2.45, 2.75) is 6.42 Å². The fourth-order valence-corrected chi connectivity index (χ4v) is 3.29. The summed E-state index contributed by atoms with van der Waals surface area (Å²) in [5.74, 6) is 0.720. The minimum absolute atomic E-state index is 0.235. The topological polar surface area (TPSA) is 52.3 Å². The molecule has 0 aliphatic heterocycles. The summed E-state index contributed by atoms with van der Waals surface area (Å²) in [5, 5.41) is 4.01. The zero-order chi connectivity index (χ0) is 15.8. The highest BCUT2D eigenvalue weighted by Crippen LogP contribution is 2.38. The average Bonchev–Trinajstić information content (AvgIpc) is 3.36. The zero-order valence-corrected chi connectivity index (χ0v) is 12.9. The number of benzene rings is 3. The van der Waals surface area contributed by atoms with Gasteiger partial charge in [0.2, 0.25) is 0 Å². The number of carbonyl (C=O) groups is 1. The van der Waals surface area contributed by atoms with Gasteiger partial charge in [0.15, 0.2) is 0 Å². The van der Waals surface area contributed by atoms with E-state index in [9.17, 15) is 4.79 Å². The number of hydrogen-bond donors (Lipinski definition) is 1. The smallest absolute Gasteiger partial charge is 0.339 e. The summed E-state index contributed by atoms with van der Waals surface area (Å²) in [7, 11) is 0. The summed E-state index contributed by atoms with van der Waals surface area (Å²) in [6.07, 6.45) is 1.07. The molecule has 0 amide bonds. The van der Waals surface area contributed by atoms with E-state index in [2.05, 4.69) is 6.07 Å². The summed E-state index contributed by atoms with van der Waals surface area (Å²) < 4.78 is 5.61. The molecule has 0 unspecified atom stereocenters. The number of ether oxygens (including phenoxy) is 1. The maximum Gasteiger partial charge on any atom is 0.339 e. The van der Waals surface area contributed by atoms with Crippen LogP contribution in [0.25, 0.3) is 21.5 Å². The van der Waals surface area contributed by atoms with Gasteiger partial charge in [0, 0.05) is 0 Å². The lowest BCUT2D eigenvalue weighted by molar-refractivity contribution is 0.0485. The van der Waals surface area contributed by atoms with Gasteiger partial charge in [-0.1, -0.05) is 48.5 Å². The monoisotopic (exact) mass is 305 g/mol. The van der Waals surface area contributed by atoms with Crippen molar-refractivity contribution in [1.82, 2.24) is 0 Å². The van der Waals surface area contributed by atoms with Crippen molar-refractivity contribution < 1.29 is 9.53 Å².